The minimum atomic E-state index is -0.770. The number of hydrogen-bond acceptors (Lipinski definition) is 4. The van der Waals surface area contributed by atoms with Crippen molar-refractivity contribution in [1.82, 2.24) is 9.88 Å². The molecule has 1 fully saturated rings. The molecule has 0 bridgehead atoms. The SMILES string of the molecule is CNc1cc(C(=O)N2CCS(=O)CC2)cc(C(C)C)n1. The molecule has 6 heteroatoms. The van der Waals surface area contributed by atoms with Crippen LogP contribution in [0.2, 0.25) is 0 Å². The maximum atomic E-state index is 12.5. The largest absolute Gasteiger partial charge is 0.373 e. The molecule has 2 rings (SSSR count). The van der Waals surface area contributed by atoms with E-state index in [1.165, 1.54) is 0 Å². The Morgan fingerprint density at radius 2 is 2.00 bits per heavy atom. The number of rotatable bonds is 3. The Bertz CT molecular complexity index is 521. The summed E-state index contributed by atoms with van der Waals surface area (Å²) in [6.07, 6.45) is 0. The molecule has 2 heterocycles. The van der Waals surface area contributed by atoms with Crippen molar-refractivity contribution in [1.29, 1.82) is 0 Å². The van der Waals surface area contributed by atoms with Crippen LogP contribution in [0.25, 0.3) is 0 Å². The fraction of sp³-hybridized carbons (Fsp3) is 0.571. The lowest BCUT2D eigenvalue weighted by Gasteiger charge is -2.26. The van der Waals surface area contributed by atoms with E-state index in [9.17, 15) is 9.00 Å². The number of carbonyl (C=O) groups excluding carboxylic acids is 1. The average molecular weight is 295 g/mol. The van der Waals surface area contributed by atoms with E-state index in [0.29, 0.717) is 36.0 Å². The lowest BCUT2D eigenvalue weighted by atomic mass is 10.1. The van der Waals surface area contributed by atoms with Crippen molar-refractivity contribution in [3.05, 3.63) is 23.4 Å². The Morgan fingerprint density at radius 1 is 1.35 bits per heavy atom. The van der Waals surface area contributed by atoms with Crippen molar-refractivity contribution in [3.63, 3.8) is 0 Å². The molecule has 0 radical (unpaired) electrons. The summed E-state index contributed by atoms with van der Waals surface area (Å²) in [7, 11) is 1.03. The van der Waals surface area contributed by atoms with Crippen molar-refractivity contribution < 1.29 is 9.00 Å². The molecule has 1 amide bonds. The average Bonchev–Trinajstić information content (AvgIpc) is 2.46. The van der Waals surface area contributed by atoms with Gasteiger partial charge in [0, 0.05) is 53.7 Å². The quantitative estimate of drug-likeness (QED) is 0.917. The Kier molecular flexibility index (Phi) is 4.75. The molecule has 0 saturated carbocycles. The monoisotopic (exact) mass is 295 g/mol. The van der Waals surface area contributed by atoms with Crippen LogP contribution >= 0.6 is 0 Å². The van der Waals surface area contributed by atoms with Gasteiger partial charge in [-0.1, -0.05) is 13.8 Å². The van der Waals surface area contributed by atoms with Crippen molar-refractivity contribution in [3.8, 4) is 0 Å². The van der Waals surface area contributed by atoms with Gasteiger partial charge in [-0.05, 0) is 18.1 Å². The summed E-state index contributed by atoms with van der Waals surface area (Å²) in [5.74, 6) is 2.13. The zero-order valence-electron chi connectivity index (χ0n) is 12.2. The van der Waals surface area contributed by atoms with Crippen LogP contribution in [-0.4, -0.2) is 51.6 Å². The fourth-order valence-electron chi connectivity index (χ4n) is 2.12. The first-order chi connectivity index (χ1) is 9.51. The molecular weight excluding hydrogens is 274 g/mol. The molecule has 0 aromatic carbocycles. The highest BCUT2D eigenvalue weighted by molar-refractivity contribution is 7.85. The van der Waals surface area contributed by atoms with E-state index in [4.69, 9.17) is 0 Å². The van der Waals surface area contributed by atoms with Crippen molar-refractivity contribution >= 4 is 22.5 Å². The number of nitrogens with one attached hydrogen (secondary N) is 1. The summed E-state index contributed by atoms with van der Waals surface area (Å²) in [5.41, 5.74) is 1.56. The van der Waals surface area contributed by atoms with E-state index in [1.54, 1.807) is 18.0 Å². The van der Waals surface area contributed by atoms with Crippen LogP contribution in [-0.2, 0) is 10.8 Å². The minimum Gasteiger partial charge on any atom is -0.373 e. The topological polar surface area (TPSA) is 62.3 Å². The number of hydrogen-bond donors (Lipinski definition) is 1. The second kappa shape index (κ2) is 6.35. The normalized spacial score (nSPS) is 16.5. The molecule has 0 spiro atoms. The van der Waals surface area contributed by atoms with Gasteiger partial charge in [-0.15, -0.1) is 0 Å². The summed E-state index contributed by atoms with van der Waals surface area (Å²) in [6, 6.07) is 3.64. The molecular formula is C14H21N3O2S. The highest BCUT2D eigenvalue weighted by atomic mass is 32.2. The van der Waals surface area contributed by atoms with Gasteiger partial charge in [0.2, 0.25) is 0 Å². The molecule has 20 heavy (non-hydrogen) atoms. The van der Waals surface area contributed by atoms with Crippen LogP contribution < -0.4 is 5.32 Å². The third kappa shape index (κ3) is 3.36. The highest BCUT2D eigenvalue weighted by Crippen LogP contribution is 2.19. The number of pyridine rings is 1. The Hall–Kier alpha value is -1.43. The maximum Gasteiger partial charge on any atom is 0.254 e. The zero-order valence-corrected chi connectivity index (χ0v) is 13.0. The fourth-order valence-corrected chi connectivity index (χ4v) is 3.17. The summed E-state index contributed by atoms with van der Waals surface area (Å²) in [6.45, 7) is 5.25. The lowest BCUT2D eigenvalue weighted by Crippen LogP contribution is -2.41. The van der Waals surface area contributed by atoms with E-state index in [1.807, 2.05) is 6.07 Å². The molecule has 5 nitrogen and oxygen atoms in total. The zero-order chi connectivity index (χ0) is 14.7. The van der Waals surface area contributed by atoms with Gasteiger partial charge < -0.3 is 10.2 Å². The molecule has 0 atom stereocenters. The number of amides is 1. The maximum absolute atomic E-state index is 12.5. The van der Waals surface area contributed by atoms with Crippen LogP contribution in [0.15, 0.2) is 12.1 Å². The van der Waals surface area contributed by atoms with Crippen LogP contribution in [0.5, 0.6) is 0 Å². The van der Waals surface area contributed by atoms with Crippen molar-refractivity contribution in [2.45, 2.75) is 19.8 Å². The van der Waals surface area contributed by atoms with Crippen LogP contribution in [0, 0.1) is 0 Å². The second-order valence-electron chi connectivity index (χ2n) is 5.21. The van der Waals surface area contributed by atoms with Gasteiger partial charge in [-0.25, -0.2) is 4.98 Å². The third-order valence-electron chi connectivity index (χ3n) is 3.40. The Labute approximate surface area is 122 Å². The molecule has 1 saturated heterocycles. The molecule has 1 aliphatic heterocycles. The minimum absolute atomic E-state index is 0.00231. The van der Waals surface area contributed by atoms with Gasteiger partial charge in [-0.3, -0.25) is 9.00 Å². The first-order valence-electron chi connectivity index (χ1n) is 6.85. The number of nitrogens with zero attached hydrogens (tertiary/aromatic N) is 2. The third-order valence-corrected chi connectivity index (χ3v) is 4.68. The van der Waals surface area contributed by atoms with E-state index in [0.717, 1.165) is 5.69 Å². The van der Waals surface area contributed by atoms with E-state index in [-0.39, 0.29) is 11.8 Å². The summed E-state index contributed by atoms with van der Waals surface area (Å²) >= 11 is 0. The Balaban J connectivity index is 2.24. The van der Waals surface area contributed by atoms with Gasteiger partial charge in [0.05, 0.1) is 0 Å². The standard InChI is InChI=1S/C14H21N3O2S/c1-10(2)12-8-11(9-13(15-3)16-12)14(18)17-4-6-20(19)7-5-17/h8-10H,4-7H2,1-3H3,(H,15,16). The Morgan fingerprint density at radius 3 is 2.55 bits per heavy atom. The van der Waals surface area contributed by atoms with Crippen molar-refractivity contribution in [2.24, 2.45) is 0 Å². The van der Waals surface area contributed by atoms with Crippen LogP contribution in [0.1, 0.15) is 35.8 Å². The highest BCUT2D eigenvalue weighted by Gasteiger charge is 2.22. The second-order valence-corrected chi connectivity index (χ2v) is 6.91. The molecule has 1 N–H and O–H groups in total. The predicted octanol–water partition coefficient (Wildman–Crippen LogP) is 1.45. The summed E-state index contributed by atoms with van der Waals surface area (Å²) in [5, 5.41) is 3.00. The number of carbonyl (C=O) groups is 1. The molecule has 1 aliphatic rings. The number of aromatic nitrogens is 1. The van der Waals surface area contributed by atoms with E-state index in [2.05, 4.69) is 24.1 Å². The summed E-state index contributed by atoms with van der Waals surface area (Å²) < 4.78 is 11.4. The van der Waals surface area contributed by atoms with Gasteiger partial charge in [0.1, 0.15) is 5.82 Å². The summed E-state index contributed by atoms with van der Waals surface area (Å²) in [4.78, 5) is 18.8. The van der Waals surface area contributed by atoms with E-state index < -0.39 is 10.8 Å². The van der Waals surface area contributed by atoms with Crippen LogP contribution in [0.4, 0.5) is 5.82 Å². The predicted molar refractivity (Wildman–Crippen MR) is 81.7 cm³/mol. The van der Waals surface area contributed by atoms with Crippen LogP contribution in [0.3, 0.4) is 0 Å². The molecule has 0 unspecified atom stereocenters. The molecule has 1 aromatic rings. The smallest absolute Gasteiger partial charge is 0.254 e. The first kappa shape index (κ1) is 15.0. The number of anilines is 1. The van der Waals surface area contributed by atoms with Gasteiger partial charge in [-0.2, -0.15) is 0 Å². The molecule has 1 aromatic heterocycles. The van der Waals surface area contributed by atoms with Gasteiger partial charge >= 0.3 is 0 Å². The molecule has 110 valence electrons. The lowest BCUT2D eigenvalue weighted by molar-refractivity contribution is 0.0771. The van der Waals surface area contributed by atoms with E-state index >= 15 is 0 Å². The van der Waals surface area contributed by atoms with Gasteiger partial charge in [0.15, 0.2) is 0 Å². The van der Waals surface area contributed by atoms with Gasteiger partial charge in [0.25, 0.3) is 5.91 Å². The first-order valence-corrected chi connectivity index (χ1v) is 8.34. The molecule has 0 aliphatic carbocycles. The van der Waals surface area contributed by atoms with Crippen molar-refractivity contribution in [2.75, 3.05) is 37.0 Å².